The number of piperazine rings is 1. The standard InChI is InChI=1S/C25H22F2N4O3S/c1-35(33,34)31-10-8-30(9-11-31)24(32)20-14-29-23-19(12-18(26)13-21(23)27)22(20)16-2-4-17(5-3-16)25(15-28)6-7-25/h2-5,12-14H,6-11H2,1H3. The van der Waals surface area contributed by atoms with Crippen molar-refractivity contribution in [1.29, 1.82) is 5.26 Å². The maximum absolute atomic E-state index is 14.6. The Labute approximate surface area is 201 Å². The summed E-state index contributed by atoms with van der Waals surface area (Å²) in [5.74, 6) is -2.02. The van der Waals surface area contributed by atoms with E-state index in [9.17, 15) is 27.3 Å². The summed E-state index contributed by atoms with van der Waals surface area (Å²) in [5, 5.41) is 9.66. The number of fused-ring (bicyclic) bond motifs is 1. The number of sulfonamides is 1. The fraction of sp³-hybridized carbons (Fsp3) is 0.320. The molecule has 1 aliphatic carbocycles. The summed E-state index contributed by atoms with van der Waals surface area (Å²) < 4.78 is 53.8. The average Bonchev–Trinajstić information content (AvgIpc) is 3.64. The van der Waals surface area contributed by atoms with Crippen LogP contribution in [0, 0.1) is 23.0 Å². The smallest absolute Gasteiger partial charge is 0.256 e. The van der Waals surface area contributed by atoms with Gasteiger partial charge in [-0.15, -0.1) is 0 Å². The van der Waals surface area contributed by atoms with E-state index < -0.39 is 33.0 Å². The van der Waals surface area contributed by atoms with Crippen LogP contribution in [-0.4, -0.2) is 60.9 Å². The van der Waals surface area contributed by atoms with E-state index in [0.717, 1.165) is 36.8 Å². The number of halogens is 2. The molecule has 0 atom stereocenters. The van der Waals surface area contributed by atoms with Crippen LogP contribution in [0.5, 0.6) is 0 Å². The molecule has 1 amide bonds. The van der Waals surface area contributed by atoms with Gasteiger partial charge in [-0.2, -0.15) is 9.57 Å². The number of benzene rings is 2. The highest BCUT2D eigenvalue weighted by atomic mass is 32.2. The number of rotatable bonds is 4. The van der Waals surface area contributed by atoms with Gasteiger partial charge in [0.2, 0.25) is 10.0 Å². The molecule has 1 saturated carbocycles. The van der Waals surface area contributed by atoms with Crippen LogP contribution < -0.4 is 0 Å². The van der Waals surface area contributed by atoms with Gasteiger partial charge in [0.1, 0.15) is 11.3 Å². The number of hydrogen-bond acceptors (Lipinski definition) is 5. The number of hydrogen-bond donors (Lipinski definition) is 0. The zero-order valence-corrected chi connectivity index (χ0v) is 19.8. The predicted octanol–water partition coefficient (Wildman–Crippen LogP) is 3.45. The van der Waals surface area contributed by atoms with E-state index in [-0.39, 0.29) is 42.6 Å². The molecule has 3 aromatic rings. The Morgan fingerprint density at radius 3 is 2.31 bits per heavy atom. The van der Waals surface area contributed by atoms with Crippen molar-refractivity contribution in [3.05, 3.63) is 65.4 Å². The number of pyridine rings is 1. The number of aromatic nitrogens is 1. The Morgan fingerprint density at radius 2 is 1.74 bits per heavy atom. The first-order chi connectivity index (χ1) is 16.6. The molecule has 2 fully saturated rings. The Morgan fingerprint density at radius 1 is 1.09 bits per heavy atom. The van der Waals surface area contributed by atoms with Crippen molar-refractivity contribution in [1.82, 2.24) is 14.2 Å². The second-order valence-electron chi connectivity index (χ2n) is 9.06. The Kier molecular flexibility index (Phi) is 5.57. The van der Waals surface area contributed by atoms with Crippen LogP contribution in [0.2, 0.25) is 0 Å². The monoisotopic (exact) mass is 496 g/mol. The molecule has 10 heteroatoms. The van der Waals surface area contributed by atoms with Crippen molar-refractivity contribution in [2.75, 3.05) is 32.4 Å². The lowest BCUT2D eigenvalue weighted by Crippen LogP contribution is -2.50. The molecule has 1 aliphatic heterocycles. The summed E-state index contributed by atoms with van der Waals surface area (Å²) in [7, 11) is -3.37. The van der Waals surface area contributed by atoms with Gasteiger partial charge in [-0.25, -0.2) is 17.2 Å². The minimum Gasteiger partial charge on any atom is -0.336 e. The van der Waals surface area contributed by atoms with Crippen LogP contribution in [0.4, 0.5) is 8.78 Å². The van der Waals surface area contributed by atoms with Crippen molar-refractivity contribution >= 4 is 26.8 Å². The van der Waals surface area contributed by atoms with Gasteiger partial charge in [-0.1, -0.05) is 24.3 Å². The van der Waals surface area contributed by atoms with Gasteiger partial charge in [-0.05, 0) is 30.0 Å². The highest BCUT2D eigenvalue weighted by Gasteiger charge is 2.44. The zero-order valence-electron chi connectivity index (χ0n) is 19.0. The minimum absolute atomic E-state index is 0.0559. The molecule has 35 heavy (non-hydrogen) atoms. The number of amides is 1. The molecule has 2 aromatic carbocycles. The summed E-state index contributed by atoms with van der Waals surface area (Å²) in [4.78, 5) is 19.2. The van der Waals surface area contributed by atoms with E-state index in [1.54, 1.807) is 12.1 Å². The van der Waals surface area contributed by atoms with Gasteiger partial charge in [0.25, 0.3) is 5.91 Å². The first-order valence-corrected chi connectivity index (χ1v) is 13.0. The van der Waals surface area contributed by atoms with Crippen LogP contribution >= 0.6 is 0 Å². The highest BCUT2D eigenvalue weighted by molar-refractivity contribution is 7.88. The van der Waals surface area contributed by atoms with Crippen molar-refractivity contribution < 1.29 is 22.0 Å². The summed E-state index contributed by atoms with van der Waals surface area (Å²) >= 11 is 0. The average molecular weight is 497 g/mol. The molecule has 1 saturated heterocycles. The minimum atomic E-state index is -3.37. The highest BCUT2D eigenvalue weighted by Crippen LogP contribution is 2.48. The van der Waals surface area contributed by atoms with Gasteiger partial charge in [-0.3, -0.25) is 9.78 Å². The largest absolute Gasteiger partial charge is 0.336 e. The molecule has 0 N–H and O–H groups in total. The van der Waals surface area contributed by atoms with E-state index in [2.05, 4.69) is 11.1 Å². The summed E-state index contributed by atoms with van der Waals surface area (Å²) in [6, 6.07) is 11.4. The lowest BCUT2D eigenvalue weighted by molar-refractivity contribution is 0.0698. The van der Waals surface area contributed by atoms with Crippen LogP contribution in [0.1, 0.15) is 28.8 Å². The maximum Gasteiger partial charge on any atom is 0.256 e. The van der Waals surface area contributed by atoms with Crippen molar-refractivity contribution in [3.8, 4) is 17.2 Å². The number of nitrogens with zero attached hydrogens (tertiary/aromatic N) is 4. The summed E-state index contributed by atoms with van der Waals surface area (Å²) in [6.45, 7) is 0.694. The molecule has 2 aliphatic rings. The molecule has 5 rings (SSSR count). The van der Waals surface area contributed by atoms with E-state index in [4.69, 9.17) is 0 Å². The van der Waals surface area contributed by atoms with Crippen LogP contribution in [0.25, 0.3) is 22.0 Å². The molecule has 0 spiro atoms. The van der Waals surface area contributed by atoms with Crippen molar-refractivity contribution in [3.63, 3.8) is 0 Å². The van der Waals surface area contributed by atoms with E-state index in [1.165, 1.54) is 15.4 Å². The third-order valence-corrected chi connectivity index (χ3v) is 8.11. The lowest BCUT2D eigenvalue weighted by Gasteiger charge is -2.33. The van der Waals surface area contributed by atoms with Crippen LogP contribution in [0.15, 0.2) is 42.6 Å². The van der Waals surface area contributed by atoms with Crippen LogP contribution in [0.3, 0.4) is 0 Å². The zero-order chi connectivity index (χ0) is 25.0. The topological polar surface area (TPSA) is 94.4 Å². The van der Waals surface area contributed by atoms with Gasteiger partial charge in [0, 0.05) is 49.4 Å². The molecule has 0 bridgehead atoms. The summed E-state index contributed by atoms with van der Waals surface area (Å²) in [5.41, 5.74) is 1.40. The molecular formula is C25H22F2N4O3S. The predicted molar refractivity (Wildman–Crippen MR) is 126 cm³/mol. The fourth-order valence-electron chi connectivity index (χ4n) is 4.64. The second kappa shape index (κ2) is 8.36. The molecule has 1 aromatic heterocycles. The Bertz CT molecular complexity index is 1490. The number of carbonyl (C=O) groups is 1. The first kappa shape index (κ1) is 23.3. The molecule has 0 radical (unpaired) electrons. The quantitative estimate of drug-likeness (QED) is 0.552. The summed E-state index contributed by atoms with van der Waals surface area (Å²) in [6.07, 6.45) is 3.97. The number of nitriles is 1. The lowest BCUT2D eigenvalue weighted by atomic mass is 9.91. The SMILES string of the molecule is CS(=O)(=O)N1CCN(C(=O)c2cnc3c(F)cc(F)cc3c2-c2ccc(C3(C#N)CC3)cc2)CC1. The number of carbonyl (C=O) groups excluding carboxylic acids is 1. The van der Waals surface area contributed by atoms with E-state index in [1.807, 2.05) is 12.1 Å². The molecule has 0 unspecified atom stereocenters. The maximum atomic E-state index is 14.6. The Hall–Kier alpha value is -3.42. The molecular weight excluding hydrogens is 474 g/mol. The van der Waals surface area contributed by atoms with Gasteiger partial charge in [0.15, 0.2) is 5.82 Å². The molecule has 7 nitrogen and oxygen atoms in total. The third kappa shape index (κ3) is 4.15. The van der Waals surface area contributed by atoms with Gasteiger partial charge < -0.3 is 4.90 Å². The third-order valence-electron chi connectivity index (χ3n) is 6.81. The van der Waals surface area contributed by atoms with Crippen LogP contribution in [-0.2, 0) is 15.4 Å². The normalized spacial score (nSPS) is 17.8. The molecule has 180 valence electrons. The van der Waals surface area contributed by atoms with Gasteiger partial charge in [0.05, 0.1) is 23.3 Å². The van der Waals surface area contributed by atoms with E-state index >= 15 is 0 Å². The second-order valence-corrected chi connectivity index (χ2v) is 11.0. The van der Waals surface area contributed by atoms with Crippen molar-refractivity contribution in [2.24, 2.45) is 0 Å². The van der Waals surface area contributed by atoms with E-state index in [0.29, 0.717) is 11.1 Å². The van der Waals surface area contributed by atoms with Crippen molar-refractivity contribution in [2.45, 2.75) is 18.3 Å². The molecule has 2 heterocycles. The first-order valence-electron chi connectivity index (χ1n) is 11.2. The Balaban J connectivity index is 1.59. The fourth-order valence-corrected chi connectivity index (χ4v) is 5.47. The van der Waals surface area contributed by atoms with Gasteiger partial charge >= 0.3 is 0 Å².